The van der Waals surface area contributed by atoms with Gasteiger partial charge in [0.05, 0.1) is 16.8 Å². The second-order valence-electron chi connectivity index (χ2n) is 4.15. The lowest BCUT2D eigenvalue weighted by Crippen LogP contribution is -2.28. The minimum Gasteiger partial charge on any atom is -0.398 e. The minimum absolute atomic E-state index is 0.154. The fraction of sp³-hybridized carbons (Fsp3) is 0.231. The van der Waals surface area contributed by atoms with Gasteiger partial charge >= 0.3 is 0 Å². The van der Waals surface area contributed by atoms with E-state index in [1.807, 2.05) is 6.92 Å². The molecule has 6 heteroatoms. The number of H-pyrrole nitrogens is 1. The number of hydrogen-bond acceptors (Lipinski definition) is 3. The SMILES string of the molecule is CCC(NC(=O)c1ccc(N)c(Cl)c1)c1ncc[nH]1. The van der Waals surface area contributed by atoms with Crippen LogP contribution in [0.25, 0.3) is 0 Å². The molecule has 0 radical (unpaired) electrons. The van der Waals surface area contributed by atoms with Gasteiger partial charge in [-0.3, -0.25) is 4.79 Å². The van der Waals surface area contributed by atoms with E-state index >= 15 is 0 Å². The van der Waals surface area contributed by atoms with Crippen LogP contribution in [0.2, 0.25) is 5.02 Å². The molecule has 0 fully saturated rings. The Balaban J connectivity index is 2.13. The fourth-order valence-electron chi connectivity index (χ4n) is 1.74. The highest BCUT2D eigenvalue weighted by Crippen LogP contribution is 2.20. The van der Waals surface area contributed by atoms with Crippen molar-refractivity contribution >= 4 is 23.2 Å². The van der Waals surface area contributed by atoms with Crippen LogP contribution in [0, 0.1) is 0 Å². The first-order valence-corrected chi connectivity index (χ1v) is 6.34. The number of imidazole rings is 1. The van der Waals surface area contributed by atoms with E-state index in [1.165, 1.54) is 0 Å². The number of aromatic amines is 1. The highest BCUT2D eigenvalue weighted by molar-refractivity contribution is 6.33. The number of rotatable bonds is 4. The number of carbonyl (C=O) groups excluding carboxylic acids is 1. The van der Waals surface area contributed by atoms with Gasteiger partial charge in [0.15, 0.2) is 0 Å². The van der Waals surface area contributed by atoms with Crippen LogP contribution >= 0.6 is 11.6 Å². The molecule has 0 aliphatic carbocycles. The third kappa shape index (κ3) is 3.06. The molecule has 1 amide bonds. The van der Waals surface area contributed by atoms with Crippen molar-refractivity contribution in [2.45, 2.75) is 19.4 Å². The molecule has 2 rings (SSSR count). The molecule has 2 aromatic rings. The molecule has 0 aliphatic heterocycles. The van der Waals surface area contributed by atoms with E-state index in [2.05, 4.69) is 15.3 Å². The van der Waals surface area contributed by atoms with Crippen molar-refractivity contribution < 1.29 is 4.79 Å². The molecule has 1 aromatic heterocycles. The Bertz CT molecular complexity index is 568. The zero-order valence-corrected chi connectivity index (χ0v) is 11.2. The van der Waals surface area contributed by atoms with Gasteiger partial charge in [-0.05, 0) is 24.6 Å². The van der Waals surface area contributed by atoms with E-state index in [1.54, 1.807) is 30.6 Å². The predicted molar refractivity (Wildman–Crippen MR) is 75.0 cm³/mol. The van der Waals surface area contributed by atoms with Gasteiger partial charge in [0, 0.05) is 18.0 Å². The summed E-state index contributed by atoms with van der Waals surface area (Å²) in [6.07, 6.45) is 4.12. The van der Waals surface area contributed by atoms with Gasteiger partial charge in [-0.2, -0.15) is 0 Å². The molecule has 0 bridgehead atoms. The quantitative estimate of drug-likeness (QED) is 0.752. The number of nitrogens with two attached hydrogens (primary N) is 1. The van der Waals surface area contributed by atoms with E-state index in [0.717, 1.165) is 12.2 Å². The molecular formula is C13H15ClN4O. The molecular weight excluding hydrogens is 264 g/mol. The number of aromatic nitrogens is 2. The molecule has 0 aliphatic rings. The lowest BCUT2D eigenvalue weighted by molar-refractivity contribution is 0.0934. The Morgan fingerprint density at radius 3 is 2.95 bits per heavy atom. The Labute approximate surface area is 116 Å². The van der Waals surface area contributed by atoms with Crippen molar-refractivity contribution in [1.29, 1.82) is 0 Å². The number of nitrogen functional groups attached to an aromatic ring is 1. The number of halogens is 1. The van der Waals surface area contributed by atoms with E-state index < -0.39 is 0 Å². The Kier molecular flexibility index (Phi) is 4.06. The van der Waals surface area contributed by atoms with Crippen molar-refractivity contribution in [3.8, 4) is 0 Å². The smallest absolute Gasteiger partial charge is 0.251 e. The minimum atomic E-state index is -0.204. The zero-order chi connectivity index (χ0) is 13.8. The number of anilines is 1. The molecule has 100 valence electrons. The van der Waals surface area contributed by atoms with E-state index in [4.69, 9.17) is 17.3 Å². The topological polar surface area (TPSA) is 83.8 Å². The third-order valence-electron chi connectivity index (χ3n) is 2.83. The first kappa shape index (κ1) is 13.4. The highest BCUT2D eigenvalue weighted by atomic mass is 35.5. The number of nitrogens with zero attached hydrogens (tertiary/aromatic N) is 1. The molecule has 1 aromatic carbocycles. The summed E-state index contributed by atoms with van der Waals surface area (Å²) >= 11 is 5.90. The Morgan fingerprint density at radius 1 is 1.58 bits per heavy atom. The largest absolute Gasteiger partial charge is 0.398 e. The van der Waals surface area contributed by atoms with Crippen LogP contribution in [-0.4, -0.2) is 15.9 Å². The van der Waals surface area contributed by atoms with Crippen LogP contribution < -0.4 is 11.1 Å². The van der Waals surface area contributed by atoms with Gasteiger partial charge in [0.2, 0.25) is 0 Å². The summed E-state index contributed by atoms with van der Waals surface area (Å²) in [6, 6.07) is 4.66. The monoisotopic (exact) mass is 278 g/mol. The molecule has 0 spiro atoms. The van der Waals surface area contributed by atoms with E-state index in [9.17, 15) is 4.79 Å². The van der Waals surface area contributed by atoms with Crippen LogP contribution in [0.3, 0.4) is 0 Å². The van der Waals surface area contributed by atoms with Crippen molar-refractivity contribution in [2.75, 3.05) is 5.73 Å². The third-order valence-corrected chi connectivity index (χ3v) is 3.15. The lowest BCUT2D eigenvalue weighted by atomic mass is 10.1. The number of carbonyl (C=O) groups is 1. The number of hydrogen-bond donors (Lipinski definition) is 3. The predicted octanol–water partition coefficient (Wildman–Crippen LogP) is 2.53. The Morgan fingerprint density at radius 2 is 2.37 bits per heavy atom. The zero-order valence-electron chi connectivity index (χ0n) is 10.5. The van der Waals surface area contributed by atoms with Gasteiger partial charge in [-0.25, -0.2) is 4.98 Å². The van der Waals surface area contributed by atoms with Crippen LogP contribution in [0.1, 0.15) is 35.6 Å². The summed E-state index contributed by atoms with van der Waals surface area (Å²) < 4.78 is 0. The first-order valence-electron chi connectivity index (χ1n) is 5.97. The number of nitrogens with one attached hydrogen (secondary N) is 2. The number of amides is 1. The molecule has 1 atom stereocenters. The second-order valence-corrected chi connectivity index (χ2v) is 4.55. The lowest BCUT2D eigenvalue weighted by Gasteiger charge is -2.15. The van der Waals surface area contributed by atoms with Crippen LogP contribution in [0.5, 0.6) is 0 Å². The molecule has 5 nitrogen and oxygen atoms in total. The summed E-state index contributed by atoms with van der Waals surface area (Å²) in [5.74, 6) is 0.530. The fourth-order valence-corrected chi connectivity index (χ4v) is 1.92. The highest BCUT2D eigenvalue weighted by Gasteiger charge is 2.16. The average molecular weight is 279 g/mol. The Hall–Kier alpha value is -2.01. The van der Waals surface area contributed by atoms with Crippen molar-refractivity contribution in [3.05, 3.63) is 47.0 Å². The molecule has 1 heterocycles. The normalized spacial score (nSPS) is 12.1. The molecule has 0 saturated carbocycles. The first-order chi connectivity index (χ1) is 9.11. The van der Waals surface area contributed by atoms with Crippen LogP contribution in [0.4, 0.5) is 5.69 Å². The molecule has 0 saturated heterocycles. The molecule has 4 N–H and O–H groups in total. The van der Waals surface area contributed by atoms with Gasteiger partial charge < -0.3 is 16.0 Å². The second kappa shape index (κ2) is 5.75. The maximum Gasteiger partial charge on any atom is 0.251 e. The van der Waals surface area contributed by atoms with Crippen molar-refractivity contribution in [3.63, 3.8) is 0 Å². The van der Waals surface area contributed by atoms with Gasteiger partial charge in [0.1, 0.15) is 5.82 Å². The maximum atomic E-state index is 12.1. The van der Waals surface area contributed by atoms with Gasteiger partial charge in [-0.1, -0.05) is 18.5 Å². The molecule has 19 heavy (non-hydrogen) atoms. The van der Waals surface area contributed by atoms with Crippen molar-refractivity contribution in [2.24, 2.45) is 0 Å². The number of benzene rings is 1. The standard InChI is InChI=1S/C13H15ClN4O/c1-2-11(12-16-5-6-17-12)18-13(19)8-3-4-10(15)9(14)7-8/h3-7,11H,2,15H2,1H3,(H,16,17)(H,18,19). The van der Waals surface area contributed by atoms with Crippen LogP contribution in [0.15, 0.2) is 30.6 Å². The van der Waals surface area contributed by atoms with Crippen molar-refractivity contribution in [1.82, 2.24) is 15.3 Å². The average Bonchev–Trinajstić information content (AvgIpc) is 2.92. The summed E-state index contributed by atoms with van der Waals surface area (Å²) in [5.41, 5.74) is 6.55. The summed E-state index contributed by atoms with van der Waals surface area (Å²) in [5, 5.41) is 3.27. The summed E-state index contributed by atoms with van der Waals surface area (Å²) in [4.78, 5) is 19.3. The molecule has 1 unspecified atom stereocenters. The van der Waals surface area contributed by atoms with Gasteiger partial charge in [0.25, 0.3) is 5.91 Å². The van der Waals surface area contributed by atoms with Crippen LogP contribution in [-0.2, 0) is 0 Å². The van der Waals surface area contributed by atoms with E-state index in [-0.39, 0.29) is 11.9 Å². The van der Waals surface area contributed by atoms with Gasteiger partial charge in [-0.15, -0.1) is 0 Å². The maximum absolute atomic E-state index is 12.1. The summed E-state index contributed by atoms with van der Waals surface area (Å²) in [6.45, 7) is 1.98. The summed E-state index contributed by atoms with van der Waals surface area (Å²) in [7, 11) is 0. The van der Waals surface area contributed by atoms with E-state index in [0.29, 0.717) is 16.3 Å².